The third kappa shape index (κ3) is 4.70. The van der Waals surface area contributed by atoms with Crippen molar-refractivity contribution in [3.8, 4) is 0 Å². The number of alkyl halides is 3. The number of halogens is 3. The molecule has 0 unspecified atom stereocenters. The zero-order valence-electron chi connectivity index (χ0n) is 16.7. The highest BCUT2D eigenvalue weighted by atomic mass is 32.2. The Morgan fingerprint density at radius 1 is 1.20 bits per heavy atom. The summed E-state index contributed by atoms with van der Waals surface area (Å²) in [6, 6.07) is 9.84. The van der Waals surface area contributed by atoms with Gasteiger partial charge in [0.1, 0.15) is 0 Å². The fourth-order valence-electron chi connectivity index (χ4n) is 2.86. The average molecular weight is 434 g/mol. The van der Waals surface area contributed by atoms with E-state index in [0.717, 1.165) is 23.4 Å². The minimum absolute atomic E-state index is 0.0422. The highest BCUT2D eigenvalue weighted by Gasteiger charge is 2.30. The molecule has 0 fully saturated rings. The molecule has 2 aromatic rings. The zero-order chi connectivity index (χ0) is 22.1. The Labute approximate surface area is 177 Å². The molecule has 1 aliphatic rings. The van der Waals surface area contributed by atoms with Crippen molar-refractivity contribution >= 4 is 35.3 Å². The van der Waals surface area contributed by atoms with E-state index in [-0.39, 0.29) is 17.9 Å². The van der Waals surface area contributed by atoms with E-state index in [2.05, 4.69) is 5.32 Å². The van der Waals surface area contributed by atoms with Crippen LogP contribution in [0.15, 0.2) is 52.3 Å². The van der Waals surface area contributed by atoms with Crippen LogP contribution in [-0.4, -0.2) is 24.9 Å². The van der Waals surface area contributed by atoms with Crippen LogP contribution in [0, 0.1) is 0 Å². The minimum atomic E-state index is -4.40. The second-order valence-corrected chi connectivity index (χ2v) is 8.14. The normalized spacial score (nSPS) is 16.4. The summed E-state index contributed by atoms with van der Waals surface area (Å²) in [6.07, 6.45) is -2.03. The van der Waals surface area contributed by atoms with E-state index < -0.39 is 11.7 Å². The van der Waals surface area contributed by atoms with Gasteiger partial charge < -0.3 is 10.2 Å². The van der Waals surface area contributed by atoms with Gasteiger partial charge in [-0.25, -0.2) is 0 Å². The lowest BCUT2D eigenvalue weighted by Gasteiger charge is -2.27. The van der Waals surface area contributed by atoms with Crippen LogP contribution in [-0.2, 0) is 11.0 Å². The predicted molar refractivity (Wildman–Crippen MR) is 112 cm³/mol. The smallest absolute Gasteiger partial charge is 0.350 e. The lowest BCUT2D eigenvalue weighted by molar-refractivity contribution is -0.137. The molecule has 0 saturated carbocycles. The van der Waals surface area contributed by atoms with E-state index >= 15 is 0 Å². The summed E-state index contributed by atoms with van der Waals surface area (Å²) in [5.74, 6) is -0.490. The number of thioether (sulfide) groups is 1. The number of likely N-dealkylation sites (N-methyl/N-ethyl adjacent to an activating group) is 1. The van der Waals surface area contributed by atoms with Gasteiger partial charge in [-0.05, 0) is 55.3 Å². The standard InChI is InChI=1S/C22H21F3N2O2S/c1-4-13(2)26-20(28)15-7-10-18-17(12-15)27(3)21(29)19(30-18)11-14-5-8-16(9-6-14)22(23,24)25/h5-13H,4H2,1-3H3,(H,26,28)/b19-11-/t13-/m0/s1. The highest BCUT2D eigenvalue weighted by molar-refractivity contribution is 8.04. The van der Waals surface area contributed by atoms with Crippen LogP contribution in [0.1, 0.15) is 41.8 Å². The molecule has 0 spiro atoms. The average Bonchev–Trinajstić information content (AvgIpc) is 2.71. The van der Waals surface area contributed by atoms with Gasteiger partial charge in [-0.1, -0.05) is 30.8 Å². The van der Waals surface area contributed by atoms with Gasteiger partial charge in [-0.3, -0.25) is 9.59 Å². The fourth-order valence-corrected chi connectivity index (χ4v) is 3.96. The molecule has 2 amide bonds. The van der Waals surface area contributed by atoms with E-state index in [1.807, 2.05) is 13.8 Å². The van der Waals surface area contributed by atoms with Gasteiger partial charge in [-0.2, -0.15) is 13.2 Å². The van der Waals surface area contributed by atoms with Gasteiger partial charge in [0.2, 0.25) is 0 Å². The Balaban J connectivity index is 1.86. The number of nitrogens with zero attached hydrogens (tertiary/aromatic N) is 1. The largest absolute Gasteiger partial charge is 0.416 e. The van der Waals surface area contributed by atoms with E-state index in [0.29, 0.717) is 21.7 Å². The molecule has 1 atom stereocenters. The van der Waals surface area contributed by atoms with Crippen molar-refractivity contribution in [2.24, 2.45) is 0 Å². The lowest BCUT2D eigenvalue weighted by atomic mass is 10.1. The van der Waals surface area contributed by atoms with Crippen molar-refractivity contribution in [2.75, 3.05) is 11.9 Å². The number of carbonyl (C=O) groups excluding carboxylic acids is 2. The molecule has 2 aromatic carbocycles. The Kier molecular flexibility index (Phi) is 6.26. The number of carbonyl (C=O) groups is 2. The molecule has 1 heterocycles. The van der Waals surface area contributed by atoms with Crippen LogP contribution in [0.5, 0.6) is 0 Å². The zero-order valence-corrected chi connectivity index (χ0v) is 17.5. The number of benzene rings is 2. The molecule has 30 heavy (non-hydrogen) atoms. The van der Waals surface area contributed by atoms with Crippen LogP contribution in [0.2, 0.25) is 0 Å². The van der Waals surface area contributed by atoms with Crippen LogP contribution >= 0.6 is 11.8 Å². The Bertz CT molecular complexity index is 1000. The third-order valence-electron chi connectivity index (χ3n) is 4.84. The Hall–Kier alpha value is -2.74. The molecule has 0 radical (unpaired) electrons. The molecule has 4 nitrogen and oxygen atoms in total. The van der Waals surface area contributed by atoms with Crippen molar-refractivity contribution in [3.63, 3.8) is 0 Å². The van der Waals surface area contributed by atoms with Crippen LogP contribution in [0.3, 0.4) is 0 Å². The first-order valence-electron chi connectivity index (χ1n) is 9.40. The van der Waals surface area contributed by atoms with Crippen molar-refractivity contribution in [3.05, 3.63) is 64.1 Å². The maximum Gasteiger partial charge on any atom is 0.416 e. The molecular formula is C22H21F3N2O2S. The number of rotatable bonds is 4. The Morgan fingerprint density at radius 2 is 1.87 bits per heavy atom. The molecule has 3 rings (SSSR count). The molecule has 158 valence electrons. The summed E-state index contributed by atoms with van der Waals surface area (Å²) in [6.45, 7) is 3.89. The molecule has 0 aromatic heterocycles. The van der Waals surface area contributed by atoms with E-state index in [1.54, 1.807) is 31.3 Å². The summed E-state index contributed by atoms with van der Waals surface area (Å²) in [7, 11) is 1.61. The van der Waals surface area contributed by atoms with Gasteiger partial charge in [0.25, 0.3) is 11.8 Å². The van der Waals surface area contributed by atoms with Crippen molar-refractivity contribution in [2.45, 2.75) is 37.4 Å². The second kappa shape index (κ2) is 8.55. The van der Waals surface area contributed by atoms with Gasteiger partial charge in [0.15, 0.2) is 0 Å². The summed E-state index contributed by atoms with van der Waals surface area (Å²) in [5, 5.41) is 2.89. The van der Waals surface area contributed by atoms with E-state index in [4.69, 9.17) is 0 Å². The SMILES string of the molecule is CC[C@H](C)NC(=O)c1ccc2c(c1)N(C)C(=O)/C(=C/c1ccc(C(F)(F)F)cc1)S2. The number of hydrogen-bond donors (Lipinski definition) is 1. The number of nitrogens with one attached hydrogen (secondary N) is 1. The van der Waals surface area contributed by atoms with Crippen LogP contribution < -0.4 is 10.2 Å². The highest BCUT2D eigenvalue weighted by Crippen LogP contribution is 2.42. The second-order valence-electron chi connectivity index (χ2n) is 7.06. The predicted octanol–water partition coefficient (Wildman–Crippen LogP) is 5.34. The molecule has 0 bridgehead atoms. The van der Waals surface area contributed by atoms with E-state index in [9.17, 15) is 22.8 Å². The molecule has 0 aliphatic carbocycles. The van der Waals surface area contributed by atoms with Crippen molar-refractivity contribution in [1.82, 2.24) is 5.32 Å². The van der Waals surface area contributed by atoms with E-state index in [1.165, 1.54) is 28.8 Å². The summed E-state index contributed by atoms with van der Waals surface area (Å²) in [5.41, 5.74) is 0.842. The molecule has 1 N–H and O–H groups in total. The quantitative estimate of drug-likeness (QED) is 0.661. The molecule has 1 aliphatic heterocycles. The topological polar surface area (TPSA) is 49.4 Å². The monoisotopic (exact) mass is 434 g/mol. The van der Waals surface area contributed by atoms with Crippen LogP contribution in [0.4, 0.5) is 18.9 Å². The first-order chi connectivity index (χ1) is 14.1. The maximum atomic E-state index is 12.8. The number of hydrogen-bond acceptors (Lipinski definition) is 3. The van der Waals surface area contributed by atoms with Crippen molar-refractivity contribution in [1.29, 1.82) is 0 Å². The maximum absolute atomic E-state index is 12.8. The number of fused-ring (bicyclic) bond motifs is 1. The van der Waals surface area contributed by atoms with Crippen molar-refractivity contribution < 1.29 is 22.8 Å². The first-order valence-corrected chi connectivity index (χ1v) is 10.2. The summed E-state index contributed by atoms with van der Waals surface area (Å²) in [4.78, 5) is 27.8. The Morgan fingerprint density at radius 3 is 2.47 bits per heavy atom. The van der Waals surface area contributed by atoms with Gasteiger partial charge in [0.05, 0.1) is 16.2 Å². The molecule has 0 saturated heterocycles. The van der Waals surface area contributed by atoms with Gasteiger partial charge in [0, 0.05) is 23.5 Å². The van der Waals surface area contributed by atoms with Gasteiger partial charge in [-0.15, -0.1) is 0 Å². The number of amides is 2. The lowest BCUT2D eigenvalue weighted by Crippen LogP contribution is -2.33. The molecular weight excluding hydrogens is 413 g/mol. The molecule has 8 heteroatoms. The fraction of sp³-hybridized carbons (Fsp3) is 0.273. The van der Waals surface area contributed by atoms with Gasteiger partial charge >= 0.3 is 6.18 Å². The minimum Gasteiger partial charge on any atom is -0.350 e. The van der Waals surface area contributed by atoms with Crippen LogP contribution in [0.25, 0.3) is 6.08 Å². The third-order valence-corrected chi connectivity index (χ3v) is 5.92. The number of anilines is 1. The summed E-state index contributed by atoms with van der Waals surface area (Å²) < 4.78 is 38.2. The first kappa shape index (κ1) is 22.0. The summed E-state index contributed by atoms with van der Waals surface area (Å²) >= 11 is 1.23.